The van der Waals surface area contributed by atoms with E-state index >= 15 is 0 Å². The van der Waals surface area contributed by atoms with Crippen molar-refractivity contribution in [3.05, 3.63) is 71.3 Å². The highest BCUT2D eigenvalue weighted by Crippen LogP contribution is 2.26. The van der Waals surface area contributed by atoms with Crippen molar-refractivity contribution in [2.24, 2.45) is 0 Å². The fraction of sp³-hybridized carbons (Fsp3) is 0.444. The van der Waals surface area contributed by atoms with Crippen molar-refractivity contribution in [3.63, 3.8) is 0 Å². The number of nitrogens with zero attached hydrogens (tertiary/aromatic N) is 1. The van der Waals surface area contributed by atoms with Gasteiger partial charge in [0, 0.05) is 6.04 Å². The van der Waals surface area contributed by atoms with Crippen molar-refractivity contribution >= 4 is 30.3 Å². The minimum absolute atomic E-state index is 0. The van der Waals surface area contributed by atoms with Crippen LogP contribution in [0.2, 0.25) is 0 Å². The lowest BCUT2D eigenvalue weighted by Gasteiger charge is -2.31. The van der Waals surface area contributed by atoms with E-state index in [0.717, 1.165) is 16.7 Å². The van der Waals surface area contributed by atoms with Gasteiger partial charge < -0.3 is 14.7 Å². The maximum absolute atomic E-state index is 13.4. The van der Waals surface area contributed by atoms with Crippen LogP contribution < -0.4 is 5.32 Å². The zero-order chi connectivity index (χ0) is 24.5. The molecule has 2 aromatic rings. The van der Waals surface area contributed by atoms with Crippen LogP contribution in [0.5, 0.6) is 0 Å². The van der Waals surface area contributed by atoms with Gasteiger partial charge in [0.05, 0.1) is 12.6 Å². The second-order valence-corrected chi connectivity index (χ2v) is 8.82. The molecule has 190 valence electrons. The molecule has 7 nitrogen and oxygen atoms in total. The van der Waals surface area contributed by atoms with E-state index in [1.54, 1.807) is 6.92 Å². The van der Waals surface area contributed by atoms with Gasteiger partial charge in [0.15, 0.2) is 0 Å². The highest BCUT2D eigenvalue weighted by Gasteiger charge is 2.34. The van der Waals surface area contributed by atoms with Gasteiger partial charge in [-0.2, -0.15) is 0 Å². The van der Waals surface area contributed by atoms with E-state index in [0.29, 0.717) is 38.7 Å². The summed E-state index contributed by atoms with van der Waals surface area (Å²) in [6, 6.07) is 16.1. The Morgan fingerprint density at radius 2 is 1.66 bits per heavy atom. The molecule has 0 spiro atoms. The molecule has 1 unspecified atom stereocenters. The molecule has 2 atom stereocenters. The Bertz CT molecular complexity index is 960. The fourth-order valence-electron chi connectivity index (χ4n) is 4.44. The molecule has 2 aromatic carbocycles. The number of carbonyl (C=O) groups is 3. The predicted molar refractivity (Wildman–Crippen MR) is 137 cm³/mol. The molecule has 1 amide bonds. The molecule has 1 aliphatic rings. The number of hydrogen-bond donors (Lipinski definition) is 2. The Morgan fingerprint density at radius 3 is 2.23 bits per heavy atom. The first-order chi connectivity index (χ1) is 16.4. The molecule has 3 rings (SSSR count). The Hall–Kier alpha value is -2.90. The summed E-state index contributed by atoms with van der Waals surface area (Å²) in [6.07, 6.45) is 3.07. The van der Waals surface area contributed by atoms with Gasteiger partial charge in [-0.25, -0.2) is 0 Å². The molecule has 8 heteroatoms. The molecule has 0 bridgehead atoms. The van der Waals surface area contributed by atoms with Crippen LogP contribution in [-0.4, -0.2) is 59.1 Å². The number of carboxylic acid groups (broad SMARTS) is 1. The van der Waals surface area contributed by atoms with E-state index in [4.69, 9.17) is 4.74 Å². The van der Waals surface area contributed by atoms with Crippen LogP contribution in [0, 0.1) is 0 Å². The number of esters is 1. The number of aryl methyl sites for hydroxylation is 1. The quantitative estimate of drug-likeness (QED) is 0.432. The average Bonchev–Trinajstić information content (AvgIpc) is 3.27. The standard InChI is InChI=1S/C27H34N2O5.ClH/c1-3-15-34-27(33)24(14-13-20-9-5-4-6-10-20)28-19(2)26(32)29(18-25(30)31)23-16-21-11-7-8-12-22(21)17-23;/h4-12,19,23-24,28H,3,13-18H2,1-2H3,(H,30,31);1H/t19-,24?;/m0./s1. The lowest BCUT2D eigenvalue weighted by Crippen LogP contribution is -2.54. The minimum atomic E-state index is -1.06. The Labute approximate surface area is 213 Å². The molecule has 0 fully saturated rings. The number of ether oxygens (including phenoxy) is 1. The molecule has 0 saturated heterocycles. The van der Waals surface area contributed by atoms with Crippen molar-refractivity contribution in [1.29, 1.82) is 0 Å². The van der Waals surface area contributed by atoms with E-state index < -0.39 is 24.0 Å². The summed E-state index contributed by atoms with van der Waals surface area (Å²) in [4.78, 5) is 39.2. The van der Waals surface area contributed by atoms with Crippen molar-refractivity contribution < 1.29 is 24.2 Å². The maximum Gasteiger partial charge on any atom is 0.323 e. The molecule has 1 aliphatic carbocycles. The summed E-state index contributed by atoms with van der Waals surface area (Å²) in [7, 11) is 0. The molecule has 2 N–H and O–H groups in total. The topological polar surface area (TPSA) is 95.9 Å². The Kier molecular flexibility index (Phi) is 11.2. The number of carboxylic acids is 1. The minimum Gasteiger partial charge on any atom is -0.480 e. The van der Waals surface area contributed by atoms with Gasteiger partial charge in [-0.1, -0.05) is 61.5 Å². The second-order valence-electron chi connectivity index (χ2n) is 8.82. The second kappa shape index (κ2) is 13.9. The summed E-state index contributed by atoms with van der Waals surface area (Å²) >= 11 is 0. The van der Waals surface area contributed by atoms with Gasteiger partial charge >= 0.3 is 11.9 Å². The third-order valence-corrected chi connectivity index (χ3v) is 6.18. The first kappa shape index (κ1) is 28.3. The van der Waals surface area contributed by atoms with Crippen LogP contribution in [0.25, 0.3) is 0 Å². The third-order valence-electron chi connectivity index (χ3n) is 6.18. The van der Waals surface area contributed by atoms with E-state index in [1.165, 1.54) is 4.90 Å². The zero-order valence-corrected chi connectivity index (χ0v) is 21.1. The lowest BCUT2D eigenvalue weighted by molar-refractivity contribution is -0.149. The van der Waals surface area contributed by atoms with Gasteiger partial charge in [-0.3, -0.25) is 19.7 Å². The predicted octanol–water partition coefficient (Wildman–Crippen LogP) is 3.42. The van der Waals surface area contributed by atoms with E-state index in [9.17, 15) is 19.5 Å². The van der Waals surface area contributed by atoms with Gasteiger partial charge in [-0.05, 0) is 55.7 Å². The number of carbonyl (C=O) groups excluding carboxylic acids is 2. The van der Waals surface area contributed by atoms with Crippen LogP contribution in [-0.2, 0) is 38.4 Å². The largest absolute Gasteiger partial charge is 0.480 e. The van der Waals surface area contributed by atoms with Crippen molar-refractivity contribution in [1.82, 2.24) is 10.2 Å². The van der Waals surface area contributed by atoms with Crippen LogP contribution >= 0.6 is 12.4 Å². The molecule has 0 heterocycles. The van der Waals surface area contributed by atoms with Crippen molar-refractivity contribution in [2.75, 3.05) is 13.2 Å². The number of fused-ring (bicyclic) bond motifs is 1. The molecular formula is C27H35ClN2O5. The number of halogens is 1. The number of aliphatic carboxylic acids is 1. The molecule has 0 radical (unpaired) electrons. The van der Waals surface area contributed by atoms with Crippen LogP contribution in [0.4, 0.5) is 0 Å². The maximum atomic E-state index is 13.4. The number of benzene rings is 2. The molecule has 0 aliphatic heterocycles. The number of rotatable bonds is 12. The zero-order valence-electron chi connectivity index (χ0n) is 20.3. The van der Waals surface area contributed by atoms with Crippen LogP contribution in [0.1, 0.15) is 43.4 Å². The van der Waals surface area contributed by atoms with E-state index in [-0.39, 0.29) is 30.9 Å². The van der Waals surface area contributed by atoms with Crippen LogP contribution in [0.15, 0.2) is 54.6 Å². The van der Waals surface area contributed by atoms with Crippen molar-refractivity contribution in [3.8, 4) is 0 Å². The highest BCUT2D eigenvalue weighted by molar-refractivity contribution is 5.86. The summed E-state index contributed by atoms with van der Waals surface area (Å²) < 4.78 is 5.37. The first-order valence-corrected chi connectivity index (χ1v) is 11.9. The SMILES string of the molecule is CCCOC(=O)C(CCc1ccccc1)N[C@@H](C)C(=O)N(CC(=O)O)C1Cc2ccccc2C1.Cl. The summed E-state index contributed by atoms with van der Waals surface area (Å²) in [5.41, 5.74) is 3.37. The number of amides is 1. The summed E-state index contributed by atoms with van der Waals surface area (Å²) in [5.74, 6) is -1.77. The van der Waals surface area contributed by atoms with Crippen LogP contribution in [0.3, 0.4) is 0 Å². The van der Waals surface area contributed by atoms with Gasteiger partial charge in [0.1, 0.15) is 12.6 Å². The average molecular weight is 503 g/mol. The van der Waals surface area contributed by atoms with Gasteiger partial charge in [0.25, 0.3) is 0 Å². The van der Waals surface area contributed by atoms with Gasteiger partial charge in [0.2, 0.25) is 5.91 Å². The summed E-state index contributed by atoms with van der Waals surface area (Å²) in [6.45, 7) is 3.55. The Balaban J connectivity index is 0.00000432. The van der Waals surface area contributed by atoms with Gasteiger partial charge in [-0.15, -0.1) is 12.4 Å². The smallest absolute Gasteiger partial charge is 0.323 e. The molecule has 0 saturated carbocycles. The highest BCUT2D eigenvalue weighted by atomic mass is 35.5. The number of nitrogens with one attached hydrogen (secondary N) is 1. The van der Waals surface area contributed by atoms with Crippen molar-refractivity contribution in [2.45, 2.75) is 64.1 Å². The molecule has 0 aromatic heterocycles. The molecular weight excluding hydrogens is 468 g/mol. The lowest BCUT2D eigenvalue weighted by atomic mass is 10.0. The Morgan fingerprint density at radius 1 is 1.06 bits per heavy atom. The van der Waals surface area contributed by atoms with E-state index in [2.05, 4.69) is 5.32 Å². The number of hydrogen-bond acceptors (Lipinski definition) is 5. The monoisotopic (exact) mass is 502 g/mol. The molecule has 35 heavy (non-hydrogen) atoms. The first-order valence-electron chi connectivity index (χ1n) is 11.9. The summed E-state index contributed by atoms with van der Waals surface area (Å²) in [5, 5.41) is 12.6. The normalized spacial score (nSPS) is 14.3. The van der Waals surface area contributed by atoms with E-state index in [1.807, 2.05) is 61.5 Å². The third kappa shape index (κ3) is 8.08. The fourth-order valence-corrected chi connectivity index (χ4v) is 4.44.